The molecule has 0 saturated heterocycles. The van der Waals surface area contributed by atoms with E-state index >= 15 is 0 Å². The summed E-state index contributed by atoms with van der Waals surface area (Å²) in [7, 11) is 3.87. The Morgan fingerprint density at radius 1 is 1.05 bits per heavy atom. The maximum atomic E-state index is 4.41. The van der Waals surface area contributed by atoms with Gasteiger partial charge in [-0.3, -0.25) is 0 Å². The lowest BCUT2D eigenvalue weighted by atomic mass is 10.3. The van der Waals surface area contributed by atoms with Crippen LogP contribution in [0.25, 0.3) is 0 Å². The summed E-state index contributed by atoms with van der Waals surface area (Å²) < 4.78 is 0. The lowest BCUT2D eigenvalue weighted by Gasteiger charge is -2.14. The van der Waals surface area contributed by atoms with Gasteiger partial charge in [0, 0.05) is 27.2 Å². The highest BCUT2D eigenvalue weighted by atomic mass is 15.3. The van der Waals surface area contributed by atoms with Crippen molar-refractivity contribution < 1.29 is 0 Å². The zero-order valence-corrected chi connectivity index (χ0v) is 12.1. The molecule has 0 aromatic carbocycles. The van der Waals surface area contributed by atoms with Crippen LogP contribution < -0.4 is 15.5 Å². The van der Waals surface area contributed by atoms with Gasteiger partial charge in [-0.2, -0.15) is 15.0 Å². The molecule has 1 aromatic rings. The molecule has 0 unspecified atom stereocenters. The van der Waals surface area contributed by atoms with Crippen molar-refractivity contribution in [3.8, 4) is 0 Å². The largest absolute Gasteiger partial charge is 0.354 e. The number of hydrogen-bond donors (Lipinski definition) is 2. The highest BCUT2D eigenvalue weighted by Crippen LogP contribution is 2.32. The topological polar surface area (TPSA) is 66.0 Å². The van der Waals surface area contributed by atoms with Crippen LogP contribution in [-0.4, -0.2) is 42.1 Å². The van der Waals surface area contributed by atoms with Gasteiger partial charge in [0.1, 0.15) is 0 Å². The molecule has 2 N–H and O–H groups in total. The molecule has 0 bridgehead atoms. The standard InChI is InChI=1S/C13H24N6/c1-4-8-14-11-16-12(15-9-7-10-5-6-10)18-13(17-11)19(2)3/h10H,4-9H2,1-3H3,(H2,14,15,16,17,18). The van der Waals surface area contributed by atoms with Crippen molar-refractivity contribution in [2.45, 2.75) is 32.6 Å². The molecule has 2 rings (SSSR count). The van der Waals surface area contributed by atoms with Crippen molar-refractivity contribution in [1.29, 1.82) is 0 Å². The summed E-state index contributed by atoms with van der Waals surface area (Å²) in [6, 6.07) is 0. The first-order chi connectivity index (χ1) is 9.19. The fraction of sp³-hybridized carbons (Fsp3) is 0.769. The summed E-state index contributed by atoms with van der Waals surface area (Å²) in [5.41, 5.74) is 0. The molecule has 1 aliphatic carbocycles. The summed E-state index contributed by atoms with van der Waals surface area (Å²) in [5.74, 6) is 2.91. The van der Waals surface area contributed by atoms with Crippen molar-refractivity contribution in [2.24, 2.45) is 5.92 Å². The summed E-state index contributed by atoms with van der Waals surface area (Å²) >= 11 is 0. The van der Waals surface area contributed by atoms with Gasteiger partial charge in [-0.25, -0.2) is 0 Å². The lowest BCUT2D eigenvalue weighted by Crippen LogP contribution is -2.17. The molecule has 106 valence electrons. The van der Waals surface area contributed by atoms with Crippen LogP contribution >= 0.6 is 0 Å². The fourth-order valence-electron chi connectivity index (χ4n) is 1.75. The molecule has 1 aromatic heterocycles. The fourth-order valence-corrected chi connectivity index (χ4v) is 1.75. The van der Waals surface area contributed by atoms with E-state index in [1.807, 2.05) is 19.0 Å². The zero-order valence-electron chi connectivity index (χ0n) is 12.1. The van der Waals surface area contributed by atoms with Gasteiger partial charge in [0.25, 0.3) is 0 Å². The van der Waals surface area contributed by atoms with Crippen LogP contribution in [-0.2, 0) is 0 Å². The first-order valence-electron chi connectivity index (χ1n) is 7.10. The molecule has 0 spiro atoms. The Morgan fingerprint density at radius 3 is 2.21 bits per heavy atom. The van der Waals surface area contributed by atoms with E-state index in [2.05, 4.69) is 32.5 Å². The molecule has 0 aliphatic heterocycles. The van der Waals surface area contributed by atoms with Crippen LogP contribution in [0.15, 0.2) is 0 Å². The third-order valence-corrected chi connectivity index (χ3v) is 3.09. The normalized spacial score (nSPS) is 14.3. The van der Waals surface area contributed by atoms with Gasteiger partial charge in [-0.1, -0.05) is 19.8 Å². The molecule has 1 heterocycles. The Morgan fingerprint density at radius 2 is 1.68 bits per heavy atom. The Balaban J connectivity index is 1.99. The molecular weight excluding hydrogens is 240 g/mol. The van der Waals surface area contributed by atoms with Gasteiger partial charge in [-0.05, 0) is 18.8 Å². The van der Waals surface area contributed by atoms with E-state index in [9.17, 15) is 0 Å². The maximum Gasteiger partial charge on any atom is 0.231 e. The van der Waals surface area contributed by atoms with Crippen LogP contribution in [0.4, 0.5) is 17.8 Å². The predicted molar refractivity (Wildman–Crippen MR) is 78.8 cm³/mol. The molecule has 0 atom stereocenters. The van der Waals surface area contributed by atoms with Gasteiger partial charge in [0.2, 0.25) is 17.8 Å². The quantitative estimate of drug-likeness (QED) is 0.748. The SMILES string of the molecule is CCCNc1nc(NCCC2CC2)nc(N(C)C)n1. The molecule has 1 aliphatic rings. The monoisotopic (exact) mass is 264 g/mol. The van der Waals surface area contributed by atoms with E-state index in [-0.39, 0.29) is 0 Å². The van der Waals surface area contributed by atoms with Crippen molar-refractivity contribution in [1.82, 2.24) is 15.0 Å². The maximum absolute atomic E-state index is 4.41. The number of nitrogens with zero attached hydrogens (tertiary/aromatic N) is 4. The van der Waals surface area contributed by atoms with Crippen LogP contribution in [0, 0.1) is 5.92 Å². The minimum Gasteiger partial charge on any atom is -0.354 e. The Labute approximate surface area is 115 Å². The van der Waals surface area contributed by atoms with Gasteiger partial charge >= 0.3 is 0 Å². The lowest BCUT2D eigenvalue weighted by molar-refractivity contribution is 0.754. The number of nitrogens with one attached hydrogen (secondary N) is 2. The van der Waals surface area contributed by atoms with E-state index < -0.39 is 0 Å². The van der Waals surface area contributed by atoms with E-state index in [1.54, 1.807) is 0 Å². The molecule has 19 heavy (non-hydrogen) atoms. The Hall–Kier alpha value is -1.59. The molecule has 6 nitrogen and oxygen atoms in total. The summed E-state index contributed by atoms with van der Waals surface area (Å²) in [4.78, 5) is 15.1. The molecular formula is C13H24N6. The minimum atomic E-state index is 0.648. The van der Waals surface area contributed by atoms with E-state index in [4.69, 9.17) is 0 Å². The molecule has 0 radical (unpaired) electrons. The first kappa shape index (κ1) is 13.8. The molecule has 0 amide bonds. The predicted octanol–water partition coefficient (Wildman–Crippen LogP) is 1.97. The number of aromatic nitrogens is 3. The van der Waals surface area contributed by atoms with Crippen LogP contribution in [0.5, 0.6) is 0 Å². The molecule has 1 saturated carbocycles. The Bertz CT molecular complexity index is 402. The highest BCUT2D eigenvalue weighted by molar-refractivity contribution is 5.42. The van der Waals surface area contributed by atoms with Crippen molar-refractivity contribution >= 4 is 17.8 Å². The molecule has 1 fully saturated rings. The van der Waals surface area contributed by atoms with Gasteiger partial charge < -0.3 is 15.5 Å². The van der Waals surface area contributed by atoms with Gasteiger partial charge in [0.15, 0.2) is 0 Å². The van der Waals surface area contributed by atoms with Crippen molar-refractivity contribution in [3.05, 3.63) is 0 Å². The number of rotatable bonds is 8. The smallest absolute Gasteiger partial charge is 0.231 e. The van der Waals surface area contributed by atoms with Crippen LogP contribution in [0.2, 0.25) is 0 Å². The average Bonchev–Trinajstić information content (AvgIpc) is 3.20. The third-order valence-electron chi connectivity index (χ3n) is 3.09. The minimum absolute atomic E-state index is 0.648. The first-order valence-corrected chi connectivity index (χ1v) is 7.10. The van der Waals surface area contributed by atoms with Gasteiger partial charge in [-0.15, -0.1) is 0 Å². The summed E-state index contributed by atoms with van der Waals surface area (Å²) in [5, 5.41) is 6.51. The van der Waals surface area contributed by atoms with E-state index in [0.29, 0.717) is 17.8 Å². The van der Waals surface area contributed by atoms with Crippen molar-refractivity contribution in [2.75, 3.05) is 42.7 Å². The second kappa shape index (κ2) is 6.54. The van der Waals surface area contributed by atoms with E-state index in [1.165, 1.54) is 19.3 Å². The summed E-state index contributed by atoms with van der Waals surface area (Å²) in [6.45, 7) is 3.93. The van der Waals surface area contributed by atoms with E-state index in [0.717, 1.165) is 25.4 Å². The summed E-state index contributed by atoms with van der Waals surface area (Å²) in [6.07, 6.45) is 5.02. The molecule has 6 heteroatoms. The second-order valence-corrected chi connectivity index (χ2v) is 5.26. The number of hydrogen-bond acceptors (Lipinski definition) is 6. The van der Waals surface area contributed by atoms with Crippen LogP contribution in [0.1, 0.15) is 32.6 Å². The zero-order chi connectivity index (χ0) is 13.7. The van der Waals surface area contributed by atoms with Crippen LogP contribution in [0.3, 0.4) is 0 Å². The third kappa shape index (κ3) is 4.54. The highest BCUT2D eigenvalue weighted by Gasteiger charge is 2.20. The second-order valence-electron chi connectivity index (χ2n) is 5.26. The average molecular weight is 264 g/mol. The van der Waals surface area contributed by atoms with Crippen molar-refractivity contribution in [3.63, 3.8) is 0 Å². The number of anilines is 3. The van der Waals surface area contributed by atoms with Gasteiger partial charge in [0.05, 0.1) is 0 Å². The Kier molecular flexibility index (Phi) is 4.76.